The molecule has 5 N–H and O–H groups in total. The van der Waals surface area contributed by atoms with Gasteiger partial charge in [0.05, 0.1) is 13.2 Å². The minimum Gasteiger partial charge on any atom is -0.382 e. The highest BCUT2D eigenvalue weighted by molar-refractivity contribution is 7.18. The maximum Gasteiger partial charge on any atom is 0.265 e. The van der Waals surface area contributed by atoms with E-state index in [9.17, 15) is 9.59 Å². The summed E-state index contributed by atoms with van der Waals surface area (Å²) in [6.45, 7) is 4.44. The molecule has 0 saturated carbocycles. The van der Waals surface area contributed by atoms with E-state index in [1.807, 2.05) is 4.90 Å². The van der Waals surface area contributed by atoms with Crippen LogP contribution in [0.5, 0.6) is 0 Å². The van der Waals surface area contributed by atoms with Gasteiger partial charge in [-0.1, -0.05) is 11.3 Å². The fourth-order valence-electron chi connectivity index (χ4n) is 2.01. The van der Waals surface area contributed by atoms with Crippen molar-refractivity contribution < 1.29 is 14.3 Å². The number of primary amides is 1. The first-order valence-electron chi connectivity index (χ1n) is 6.65. The number of carbonyl (C=O) groups is 2. The van der Waals surface area contributed by atoms with E-state index in [0.29, 0.717) is 23.2 Å². The Morgan fingerprint density at radius 1 is 1.48 bits per heavy atom. The topological polar surface area (TPSA) is 124 Å². The smallest absolute Gasteiger partial charge is 0.265 e. The largest absolute Gasteiger partial charge is 0.382 e. The van der Waals surface area contributed by atoms with Gasteiger partial charge in [0.1, 0.15) is 10.7 Å². The number of carbonyl (C=O) groups excluding carboxylic acids is 2. The summed E-state index contributed by atoms with van der Waals surface area (Å²) in [6.07, 6.45) is 0.0841. The van der Waals surface area contributed by atoms with Crippen LogP contribution in [0.3, 0.4) is 0 Å². The molecular formula is C12H19N5O3S. The van der Waals surface area contributed by atoms with E-state index in [0.717, 1.165) is 13.1 Å². The second kappa shape index (κ2) is 6.72. The number of ether oxygens (including phenoxy) is 1. The summed E-state index contributed by atoms with van der Waals surface area (Å²) in [5.74, 6) is -0.599. The Hall–Kier alpha value is -1.87. The van der Waals surface area contributed by atoms with E-state index in [1.54, 1.807) is 6.92 Å². The molecule has 1 unspecified atom stereocenters. The van der Waals surface area contributed by atoms with Gasteiger partial charge in [-0.25, -0.2) is 4.98 Å². The van der Waals surface area contributed by atoms with Crippen molar-refractivity contribution in [1.29, 1.82) is 0 Å². The molecule has 2 amide bonds. The number of nitrogens with zero attached hydrogens (tertiary/aromatic N) is 2. The number of anilines is 2. The predicted molar refractivity (Wildman–Crippen MR) is 80.3 cm³/mol. The Balaban J connectivity index is 2.04. The SMILES string of the molecule is CC(CC(N)=O)NC(=O)c1sc(N2CCOCC2)nc1N. The number of aromatic nitrogens is 1. The van der Waals surface area contributed by atoms with E-state index in [4.69, 9.17) is 16.2 Å². The highest BCUT2D eigenvalue weighted by atomic mass is 32.1. The summed E-state index contributed by atoms with van der Waals surface area (Å²) in [4.78, 5) is 29.6. The van der Waals surface area contributed by atoms with Crippen LogP contribution in [0.4, 0.5) is 10.9 Å². The molecule has 116 valence electrons. The zero-order valence-corrected chi connectivity index (χ0v) is 12.6. The summed E-state index contributed by atoms with van der Waals surface area (Å²) in [7, 11) is 0. The minimum absolute atomic E-state index is 0.0841. The third kappa shape index (κ3) is 4.05. The van der Waals surface area contributed by atoms with Gasteiger partial charge < -0.3 is 26.4 Å². The van der Waals surface area contributed by atoms with Crippen molar-refractivity contribution in [3.63, 3.8) is 0 Å². The van der Waals surface area contributed by atoms with Crippen LogP contribution < -0.4 is 21.7 Å². The van der Waals surface area contributed by atoms with Gasteiger partial charge in [-0.3, -0.25) is 9.59 Å². The number of nitrogen functional groups attached to an aromatic ring is 1. The van der Waals surface area contributed by atoms with Gasteiger partial charge in [-0.2, -0.15) is 0 Å². The van der Waals surface area contributed by atoms with Crippen LogP contribution in [-0.2, 0) is 9.53 Å². The Kier molecular flexibility index (Phi) is 4.97. The summed E-state index contributed by atoms with van der Waals surface area (Å²) >= 11 is 1.24. The van der Waals surface area contributed by atoms with Crippen LogP contribution >= 0.6 is 11.3 Å². The van der Waals surface area contributed by atoms with E-state index in [2.05, 4.69) is 10.3 Å². The van der Waals surface area contributed by atoms with Crippen molar-refractivity contribution >= 4 is 34.1 Å². The summed E-state index contributed by atoms with van der Waals surface area (Å²) in [5, 5.41) is 3.40. The van der Waals surface area contributed by atoms with Gasteiger partial charge in [0.2, 0.25) is 5.91 Å². The lowest BCUT2D eigenvalue weighted by Crippen LogP contribution is -2.36. The molecule has 0 spiro atoms. The molecule has 2 rings (SSSR count). The number of hydrogen-bond donors (Lipinski definition) is 3. The molecule has 1 atom stereocenters. The van der Waals surface area contributed by atoms with Gasteiger partial charge in [-0.05, 0) is 6.92 Å². The molecule has 21 heavy (non-hydrogen) atoms. The monoisotopic (exact) mass is 313 g/mol. The molecule has 1 fully saturated rings. The van der Waals surface area contributed by atoms with Crippen LogP contribution in [0.2, 0.25) is 0 Å². The fourth-order valence-corrected chi connectivity index (χ4v) is 2.95. The highest BCUT2D eigenvalue weighted by Gasteiger charge is 2.22. The minimum atomic E-state index is -0.464. The van der Waals surface area contributed by atoms with Crippen molar-refractivity contribution in [3.05, 3.63) is 4.88 Å². The van der Waals surface area contributed by atoms with Crippen LogP contribution in [0.1, 0.15) is 23.0 Å². The first kappa shape index (κ1) is 15.5. The second-order valence-corrected chi connectivity index (χ2v) is 5.83. The molecule has 8 nitrogen and oxygen atoms in total. The number of rotatable bonds is 5. The molecule has 0 radical (unpaired) electrons. The molecule has 1 aromatic rings. The summed E-state index contributed by atoms with van der Waals surface area (Å²) in [6, 6.07) is -0.344. The Bertz CT molecular complexity index is 527. The standard InChI is InChI=1S/C12H19N5O3S/c1-7(6-8(13)18)15-11(19)9-10(14)16-12(21-9)17-2-4-20-5-3-17/h7H,2-6,14H2,1H3,(H2,13,18)(H,15,19). The first-order chi connectivity index (χ1) is 9.97. The maximum atomic E-state index is 12.1. The van der Waals surface area contributed by atoms with Crippen molar-refractivity contribution in [2.45, 2.75) is 19.4 Å². The maximum absolute atomic E-state index is 12.1. The summed E-state index contributed by atoms with van der Waals surface area (Å²) in [5.41, 5.74) is 10.9. The zero-order chi connectivity index (χ0) is 15.4. The van der Waals surface area contributed by atoms with E-state index < -0.39 is 5.91 Å². The molecule has 1 aliphatic rings. The molecule has 0 aromatic carbocycles. The zero-order valence-electron chi connectivity index (χ0n) is 11.8. The highest BCUT2D eigenvalue weighted by Crippen LogP contribution is 2.28. The van der Waals surface area contributed by atoms with E-state index in [1.165, 1.54) is 11.3 Å². The quantitative estimate of drug-likeness (QED) is 0.677. The Morgan fingerprint density at radius 3 is 2.76 bits per heavy atom. The molecule has 1 saturated heterocycles. The third-order valence-electron chi connectivity index (χ3n) is 3.01. The van der Waals surface area contributed by atoms with Crippen LogP contribution in [0, 0.1) is 0 Å². The van der Waals surface area contributed by atoms with Crippen molar-refractivity contribution in [2.75, 3.05) is 36.9 Å². The van der Waals surface area contributed by atoms with Gasteiger partial charge >= 0.3 is 0 Å². The molecule has 0 bridgehead atoms. The average molecular weight is 313 g/mol. The second-order valence-electron chi connectivity index (χ2n) is 4.86. The van der Waals surface area contributed by atoms with Crippen molar-refractivity contribution in [3.8, 4) is 0 Å². The molecule has 0 aliphatic carbocycles. The van der Waals surface area contributed by atoms with Crippen LogP contribution in [0.15, 0.2) is 0 Å². The lowest BCUT2D eigenvalue weighted by atomic mass is 10.2. The van der Waals surface area contributed by atoms with E-state index in [-0.39, 0.29) is 24.2 Å². The predicted octanol–water partition coefficient (Wildman–Crippen LogP) is -0.444. The van der Waals surface area contributed by atoms with Crippen molar-refractivity contribution in [1.82, 2.24) is 10.3 Å². The van der Waals surface area contributed by atoms with Gasteiger partial charge in [0, 0.05) is 25.6 Å². The molecule has 1 aromatic heterocycles. The van der Waals surface area contributed by atoms with Gasteiger partial charge in [-0.15, -0.1) is 0 Å². The molecule has 1 aliphatic heterocycles. The lowest BCUT2D eigenvalue weighted by molar-refractivity contribution is -0.118. The first-order valence-corrected chi connectivity index (χ1v) is 7.47. The van der Waals surface area contributed by atoms with E-state index >= 15 is 0 Å². The third-order valence-corrected chi connectivity index (χ3v) is 4.15. The van der Waals surface area contributed by atoms with Crippen LogP contribution in [-0.4, -0.2) is 49.1 Å². The van der Waals surface area contributed by atoms with Crippen LogP contribution in [0.25, 0.3) is 0 Å². The van der Waals surface area contributed by atoms with Gasteiger partial charge in [0.15, 0.2) is 5.13 Å². The van der Waals surface area contributed by atoms with Crippen molar-refractivity contribution in [2.24, 2.45) is 5.73 Å². The summed E-state index contributed by atoms with van der Waals surface area (Å²) < 4.78 is 5.28. The lowest BCUT2D eigenvalue weighted by Gasteiger charge is -2.25. The molecule has 2 heterocycles. The number of thiazole rings is 1. The fraction of sp³-hybridized carbons (Fsp3) is 0.583. The number of nitrogens with two attached hydrogens (primary N) is 2. The number of hydrogen-bond acceptors (Lipinski definition) is 7. The Morgan fingerprint density at radius 2 is 2.14 bits per heavy atom. The number of morpholine rings is 1. The Labute approximate surface area is 126 Å². The molecular weight excluding hydrogens is 294 g/mol. The molecule has 9 heteroatoms. The number of nitrogens with one attached hydrogen (secondary N) is 1. The average Bonchev–Trinajstić information content (AvgIpc) is 2.81. The van der Waals surface area contributed by atoms with Gasteiger partial charge in [0.25, 0.3) is 5.91 Å². The normalized spacial score (nSPS) is 16.5. The number of amides is 2.